The summed E-state index contributed by atoms with van der Waals surface area (Å²) >= 11 is 5.00. The third-order valence-corrected chi connectivity index (χ3v) is 4.94. The summed E-state index contributed by atoms with van der Waals surface area (Å²) in [5, 5.41) is 1.51. The number of hydrogen-bond acceptors (Lipinski definition) is 4. The van der Waals surface area contributed by atoms with Crippen molar-refractivity contribution in [2.45, 2.75) is 6.54 Å². The van der Waals surface area contributed by atoms with Crippen molar-refractivity contribution in [2.24, 2.45) is 0 Å². The fourth-order valence-corrected chi connectivity index (χ4v) is 3.70. The molecule has 0 N–H and O–H groups in total. The lowest BCUT2D eigenvalue weighted by molar-refractivity contribution is 0.745. The molecule has 0 fully saturated rings. The maximum atomic E-state index is 12.6. The fraction of sp³-hybridized carbons (Fsp3) is 0.0625. The second-order valence-electron chi connectivity index (χ2n) is 4.91. The van der Waals surface area contributed by atoms with E-state index in [4.69, 9.17) is 0 Å². The molecule has 0 unspecified atom stereocenters. The highest BCUT2D eigenvalue weighted by Gasteiger charge is 2.08. The van der Waals surface area contributed by atoms with Gasteiger partial charge in [0.15, 0.2) is 0 Å². The Labute approximate surface area is 138 Å². The summed E-state index contributed by atoms with van der Waals surface area (Å²) in [6, 6.07) is 13.5. The fourth-order valence-electron chi connectivity index (χ4n) is 2.38. The van der Waals surface area contributed by atoms with E-state index in [1.807, 2.05) is 36.4 Å². The third-order valence-electron chi connectivity index (χ3n) is 3.43. The van der Waals surface area contributed by atoms with Crippen molar-refractivity contribution in [3.05, 3.63) is 68.6 Å². The van der Waals surface area contributed by atoms with Gasteiger partial charge in [0.25, 0.3) is 5.56 Å². The van der Waals surface area contributed by atoms with Gasteiger partial charge in [0, 0.05) is 4.47 Å². The van der Waals surface area contributed by atoms with Crippen LogP contribution < -0.4 is 5.56 Å². The lowest BCUT2D eigenvalue weighted by Gasteiger charge is -2.04. The Hall–Kier alpha value is -2.05. The average molecular weight is 372 g/mol. The Bertz CT molecular complexity index is 1020. The van der Waals surface area contributed by atoms with E-state index in [0.717, 1.165) is 19.7 Å². The molecule has 0 saturated carbocycles. The van der Waals surface area contributed by atoms with Gasteiger partial charge in [-0.25, -0.2) is 9.97 Å². The zero-order chi connectivity index (χ0) is 15.1. The van der Waals surface area contributed by atoms with Crippen LogP contribution in [0.4, 0.5) is 0 Å². The average Bonchev–Trinajstić information content (AvgIpc) is 2.93. The smallest absolute Gasteiger partial charge is 0.261 e. The first-order valence-corrected chi connectivity index (χ1v) is 8.31. The molecule has 2 aromatic heterocycles. The van der Waals surface area contributed by atoms with Crippen molar-refractivity contribution in [1.82, 2.24) is 14.5 Å². The highest BCUT2D eigenvalue weighted by atomic mass is 79.9. The van der Waals surface area contributed by atoms with Crippen molar-refractivity contribution in [2.75, 3.05) is 0 Å². The first-order valence-electron chi connectivity index (χ1n) is 6.70. The van der Waals surface area contributed by atoms with Gasteiger partial charge < -0.3 is 0 Å². The molecular weight excluding hydrogens is 362 g/mol. The molecule has 22 heavy (non-hydrogen) atoms. The minimum Gasteiger partial charge on any atom is -0.292 e. The number of thiazole rings is 1. The first-order chi connectivity index (χ1) is 10.7. The van der Waals surface area contributed by atoms with Crippen LogP contribution in [0.2, 0.25) is 0 Å². The molecule has 0 atom stereocenters. The SMILES string of the molecule is O=c1c2cc(Br)ccc2ncn1Cc1nc2ccccc2s1. The summed E-state index contributed by atoms with van der Waals surface area (Å²) in [6.45, 7) is 0.438. The van der Waals surface area contributed by atoms with Gasteiger partial charge in [-0.2, -0.15) is 0 Å². The molecule has 0 saturated heterocycles. The molecule has 0 radical (unpaired) electrons. The molecule has 4 aromatic rings. The molecule has 0 amide bonds. The Morgan fingerprint density at radius 1 is 1.14 bits per heavy atom. The molecule has 4 nitrogen and oxygen atoms in total. The highest BCUT2D eigenvalue weighted by Crippen LogP contribution is 2.22. The molecule has 6 heteroatoms. The van der Waals surface area contributed by atoms with Crippen LogP contribution in [0.3, 0.4) is 0 Å². The largest absolute Gasteiger partial charge is 0.292 e. The zero-order valence-electron chi connectivity index (χ0n) is 11.4. The number of hydrogen-bond donors (Lipinski definition) is 0. The number of fused-ring (bicyclic) bond motifs is 2. The van der Waals surface area contributed by atoms with Crippen LogP contribution in [-0.2, 0) is 6.54 Å². The van der Waals surface area contributed by atoms with Gasteiger partial charge in [0.05, 0.1) is 34.0 Å². The lowest BCUT2D eigenvalue weighted by atomic mass is 10.2. The van der Waals surface area contributed by atoms with E-state index >= 15 is 0 Å². The topological polar surface area (TPSA) is 47.8 Å². The van der Waals surface area contributed by atoms with E-state index < -0.39 is 0 Å². The molecule has 0 aliphatic rings. The quantitative estimate of drug-likeness (QED) is 0.538. The maximum Gasteiger partial charge on any atom is 0.261 e. The number of aromatic nitrogens is 3. The van der Waals surface area contributed by atoms with Crippen molar-refractivity contribution < 1.29 is 0 Å². The molecule has 108 valence electrons. The van der Waals surface area contributed by atoms with Gasteiger partial charge in [-0.15, -0.1) is 11.3 Å². The van der Waals surface area contributed by atoms with Crippen LogP contribution in [0.15, 0.2) is 58.1 Å². The summed E-state index contributed by atoms with van der Waals surface area (Å²) < 4.78 is 3.60. The van der Waals surface area contributed by atoms with Gasteiger partial charge in [-0.1, -0.05) is 28.1 Å². The molecule has 0 spiro atoms. The Morgan fingerprint density at radius 2 is 2.00 bits per heavy atom. The van der Waals surface area contributed by atoms with Crippen LogP contribution in [0, 0.1) is 0 Å². The molecule has 0 aliphatic carbocycles. The molecule has 4 rings (SSSR count). The molecule has 2 heterocycles. The van der Waals surface area contributed by atoms with Crippen LogP contribution >= 0.6 is 27.3 Å². The number of nitrogens with zero attached hydrogens (tertiary/aromatic N) is 3. The van der Waals surface area contributed by atoms with E-state index in [1.165, 1.54) is 0 Å². The lowest BCUT2D eigenvalue weighted by Crippen LogP contribution is -2.21. The van der Waals surface area contributed by atoms with Gasteiger partial charge in [0.2, 0.25) is 0 Å². The number of halogens is 1. The van der Waals surface area contributed by atoms with Crippen molar-refractivity contribution in [3.63, 3.8) is 0 Å². The van der Waals surface area contributed by atoms with Gasteiger partial charge in [-0.05, 0) is 30.3 Å². The summed E-state index contributed by atoms with van der Waals surface area (Å²) in [5.41, 5.74) is 1.62. The van der Waals surface area contributed by atoms with E-state index in [9.17, 15) is 4.79 Å². The summed E-state index contributed by atoms with van der Waals surface area (Å²) in [5.74, 6) is 0. The van der Waals surface area contributed by atoms with Gasteiger partial charge in [-0.3, -0.25) is 9.36 Å². The second-order valence-corrected chi connectivity index (χ2v) is 6.95. The number of para-hydroxylation sites is 1. The van der Waals surface area contributed by atoms with Crippen LogP contribution in [-0.4, -0.2) is 14.5 Å². The highest BCUT2D eigenvalue weighted by molar-refractivity contribution is 9.10. The Balaban J connectivity index is 1.80. The zero-order valence-corrected chi connectivity index (χ0v) is 13.8. The van der Waals surface area contributed by atoms with Crippen LogP contribution in [0.1, 0.15) is 5.01 Å². The Morgan fingerprint density at radius 3 is 2.86 bits per heavy atom. The van der Waals surface area contributed by atoms with Crippen molar-refractivity contribution in [3.8, 4) is 0 Å². The van der Waals surface area contributed by atoms with Crippen molar-refractivity contribution >= 4 is 48.4 Å². The van der Waals surface area contributed by atoms with E-state index in [-0.39, 0.29) is 5.56 Å². The molecule has 0 aliphatic heterocycles. The summed E-state index contributed by atoms with van der Waals surface area (Å²) in [4.78, 5) is 21.5. The maximum absolute atomic E-state index is 12.6. The van der Waals surface area contributed by atoms with E-state index in [1.54, 1.807) is 28.3 Å². The van der Waals surface area contributed by atoms with E-state index in [2.05, 4.69) is 25.9 Å². The summed E-state index contributed by atoms with van der Waals surface area (Å²) in [7, 11) is 0. The normalized spacial score (nSPS) is 11.3. The predicted molar refractivity (Wildman–Crippen MR) is 92.4 cm³/mol. The standard InChI is InChI=1S/C16H10BrN3OS/c17-10-5-6-12-11(7-10)16(21)20(9-18-12)8-15-19-13-3-1-2-4-14(13)22-15/h1-7,9H,8H2. The number of rotatable bonds is 2. The third kappa shape index (κ3) is 2.34. The second kappa shape index (κ2) is 5.30. The van der Waals surface area contributed by atoms with Crippen LogP contribution in [0.25, 0.3) is 21.1 Å². The Kier molecular flexibility index (Phi) is 3.28. The van der Waals surface area contributed by atoms with Gasteiger partial charge >= 0.3 is 0 Å². The number of benzene rings is 2. The monoisotopic (exact) mass is 371 g/mol. The summed E-state index contributed by atoms with van der Waals surface area (Å²) in [6.07, 6.45) is 1.59. The van der Waals surface area contributed by atoms with Crippen LogP contribution in [0.5, 0.6) is 0 Å². The molecule has 2 aromatic carbocycles. The van der Waals surface area contributed by atoms with E-state index in [0.29, 0.717) is 17.4 Å². The predicted octanol–water partition coefficient (Wildman–Crippen LogP) is 3.82. The molecular formula is C16H10BrN3OS. The first kappa shape index (κ1) is 13.6. The molecule has 0 bridgehead atoms. The minimum atomic E-state index is -0.0504. The van der Waals surface area contributed by atoms with Crippen molar-refractivity contribution in [1.29, 1.82) is 0 Å². The minimum absolute atomic E-state index is 0.0504. The van der Waals surface area contributed by atoms with Gasteiger partial charge in [0.1, 0.15) is 5.01 Å².